The Morgan fingerprint density at radius 2 is 2.11 bits per heavy atom. The molecule has 3 aromatic heterocycles. The first-order valence-electron chi connectivity index (χ1n) is 5.85. The highest BCUT2D eigenvalue weighted by Crippen LogP contribution is 2.31. The molecule has 3 heterocycles. The van der Waals surface area contributed by atoms with E-state index in [1.165, 1.54) is 0 Å². The van der Waals surface area contributed by atoms with Crippen LogP contribution in [0.1, 0.15) is 10.4 Å². The van der Waals surface area contributed by atoms with Gasteiger partial charge >= 0.3 is 0 Å². The van der Waals surface area contributed by atoms with Gasteiger partial charge < -0.3 is 4.98 Å². The average molecular weight is 267 g/mol. The Kier molecular flexibility index (Phi) is 2.10. The molecule has 0 aliphatic rings. The molecule has 0 fully saturated rings. The van der Waals surface area contributed by atoms with Gasteiger partial charge in [0.1, 0.15) is 12.0 Å². The van der Waals surface area contributed by atoms with Crippen LogP contribution in [0.5, 0.6) is 0 Å². The van der Waals surface area contributed by atoms with Crippen molar-refractivity contribution >= 4 is 38.7 Å². The lowest BCUT2D eigenvalue weighted by Crippen LogP contribution is -1.79. The van der Waals surface area contributed by atoms with Gasteiger partial charge in [-0.15, -0.1) is 11.3 Å². The maximum Gasteiger partial charge on any atom is 0.150 e. The second-order valence-corrected chi connectivity index (χ2v) is 5.30. The van der Waals surface area contributed by atoms with Gasteiger partial charge in [0, 0.05) is 16.5 Å². The number of aromatic nitrogens is 3. The smallest absolute Gasteiger partial charge is 0.150 e. The predicted molar refractivity (Wildman–Crippen MR) is 76.7 cm³/mol. The number of carbonyl (C=O) groups is 1. The minimum atomic E-state index is 0.671. The monoisotopic (exact) mass is 267 g/mol. The van der Waals surface area contributed by atoms with Crippen LogP contribution in [-0.4, -0.2) is 21.5 Å². The number of hydrogen-bond acceptors (Lipinski definition) is 3. The quantitative estimate of drug-likeness (QED) is 0.545. The van der Waals surface area contributed by atoms with Gasteiger partial charge in [-0.1, -0.05) is 12.1 Å². The van der Waals surface area contributed by atoms with Crippen LogP contribution < -0.4 is 0 Å². The SMILES string of the molecule is O=Cc1ccc2cc(-c3n[nH]c4ccsc34)[nH]c2c1. The number of nitrogens with one attached hydrogen (secondary N) is 2. The molecule has 0 amide bonds. The van der Waals surface area contributed by atoms with E-state index in [4.69, 9.17) is 0 Å². The molecule has 0 radical (unpaired) electrons. The van der Waals surface area contributed by atoms with E-state index in [-0.39, 0.29) is 0 Å². The minimum absolute atomic E-state index is 0.671. The number of H-pyrrole nitrogens is 2. The maximum absolute atomic E-state index is 10.8. The zero-order chi connectivity index (χ0) is 12.8. The Morgan fingerprint density at radius 3 is 3.00 bits per heavy atom. The van der Waals surface area contributed by atoms with Crippen LogP contribution in [0.25, 0.3) is 32.5 Å². The molecular weight excluding hydrogens is 258 g/mol. The molecule has 92 valence electrons. The summed E-state index contributed by atoms with van der Waals surface area (Å²) >= 11 is 1.66. The first-order chi connectivity index (χ1) is 9.35. The molecule has 0 atom stereocenters. The Balaban J connectivity index is 1.96. The summed E-state index contributed by atoms with van der Waals surface area (Å²) in [6, 6.07) is 9.68. The van der Waals surface area contributed by atoms with E-state index in [1.54, 1.807) is 11.3 Å². The number of benzene rings is 1. The zero-order valence-electron chi connectivity index (χ0n) is 9.81. The van der Waals surface area contributed by atoms with E-state index in [0.717, 1.165) is 38.8 Å². The van der Waals surface area contributed by atoms with Gasteiger partial charge in [-0.05, 0) is 23.6 Å². The lowest BCUT2D eigenvalue weighted by molar-refractivity contribution is 0.112. The lowest BCUT2D eigenvalue weighted by atomic mass is 10.2. The summed E-state index contributed by atoms with van der Waals surface area (Å²) in [5, 5.41) is 10.5. The number of hydrogen-bond donors (Lipinski definition) is 2. The molecule has 1 aromatic carbocycles. The van der Waals surface area contributed by atoms with Crippen molar-refractivity contribution in [1.29, 1.82) is 0 Å². The standard InChI is InChI=1S/C14H9N3OS/c18-7-8-1-2-9-6-12(15-11(9)5-8)13-14-10(16-17-13)3-4-19-14/h1-7,15H,(H,16,17). The number of aromatic amines is 2. The molecule has 4 rings (SSSR count). The summed E-state index contributed by atoms with van der Waals surface area (Å²) in [7, 11) is 0. The van der Waals surface area contributed by atoms with Crippen molar-refractivity contribution in [3.05, 3.63) is 41.3 Å². The number of thiophene rings is 1. The second kappa shape index (κ2) is 3.80. The molecule has 0 spiro atoms. The molecule has 4 aromatic rings. The van der Waals surface area contributed by atoms with Crippen molar-refractivity contribution in [2.45, 2.75) is 0 Å². The lowest BCUT2D eigenvalue weighted by Gasteiger charge is -1.91. The van der Waals surface area contributed by atoms with Crippen molar-refractivity contribution < 1.29 is 4.79 Å². The molecule has 4 nitrogen and oxygen atoms in total. The van der Waals surface area contributed by atoms with E-state index in [2.05, 4.69) is 21.2 Å². The number of aldehydes is 1. The summed E-state index contributed by atoms with van der Waals surface area (Å²) < 4.78 is 1.14. The molecule has 0 saturated heterocycles. The molecule has 2 N–H and O–H groups in total. The number of carbonyl (C=O) groups excluding carboxylic acids is 1. The van der Waals surface area contributed by atoms with Gasteiger partial charge in [0.2, 0.25) is 0 Å². The predicted octanol–water partition coefficient (Wildman–Crippen LogP) is 3.59. The van der Waals surface area contributed by atoms with Crippen LogP contribution in [0, 0.1) is 0 Å². The first kappa shape index (κ1) is 10.5. The molecule has 0 saturated carbocycles. The van der Waals surface area contributed by atoms with Gasteiger partial charge in [-0.3, -0.25) is 9.89 Å². The summed E-state index contributed by atoms with van der Waals surface area (Å²) in [4.78, 5) is 14.1. The Morgan fingerprint density at radius 1 is 1.16 bits per heavy atom. The van der Waals surface area contributed by atoms with Crippen LogP contribution in [0.4, 0.5) is 0 Å². The van der Waals surface area contributed by atoms with Crippen molar-refractivity contribution in [1.82, 2.24) is 15.2 Å². The van der Waals surface area contributed by atoms with Crippen molar-refractivity contribution in [3.63, 3.8) is 0 Å². The van der Waals surface area contributed by atoms with Crippen LogP contribution in [0.15, 0.2) is 35.7 Å². The van der Waals surface area contributed by atoms with E-state index in [1.807, 2.05) is 29.6 Å². The molecular formula is C14H9N3OS. The molecule has 0 aliphatic heterocycles. The summed E-state index contributed by atoms with van der Waals surface area (Å²) in [5.74, 6) is 0. The highest BCUT2D eigenvalue weighted by molar-refractivity contribution is 7.17. The highest BCUT2D eigenvalue weighted by Gasteiger charge is 2.11. The van der Waals surface area contributed by atoms with E-state index >= 15 is 0 Å². The first-order valence-corrected chi connectivity index (χ1v) is 6.73. The minimum Gasteiger partial charge on any atom is -0.353 e. The molecule has 0 unspecified atom stereocenters. The maximum atomic E-state index is 10.8. The van der Waals surface area contributed by atoms with Crippen LogP contribution >= 0.6 is 11.3 Å². The van der Waals surface area contributed by atoms with Crippen LogP contribution in [-0.2, 0) is 0 Å². The summed E-state index contributed by atoms with van der Waals surface area (Å²) in [5.41, 5.74) is 4.56. The number of fused-ring (bicyclic) bond motifs is 2. The normalized spacial score (nSPS) is 11.4. The topological polar surface area (TPSA) is 61.5 Å². The van der Waals surface area contributed by atoms with Gasteiger partial charge in [-0.2, -0.15) is 5.10 Å². The van der Waals surface area contributed by atoms with Crippen molar-refractivity contribution in [3.8, 4) is 11.4 Å². The second-order valence-electron chi connectivity index (χ2n) is 4.38. The summed E-state index contributed by atoms with van der Waals surface area (Å²) in [6.45, 7) is 0. The third-order valence-electron chi connectivity index (χ3n) is 3.21. The number of nitrogens with zero attached hydrogens (tertiary/aromatic N) is 1. The largest absolute Gasteiger partial charge is 0.353 e. The fourth-order valence-electron chi connectivity index (χ4n) is 2.28. The third kappa shape index (κ3) is 1.52. The van der Waals surface area contributed by atoms with E-state index < -0.39 is 0 Å². The fraction of sp³-hybridized carbons (Fsp3) is 0. The number of rotatable bonds is 2. The van der Waals surface area contributed by atoms with Gasteiger partial charge in [0.15, 0.2) is 0 Å². The highest BCUT2D eigenvalue weighted by atomic mass is 32.1. The van der Waals surface area contributed by atoms with E-state index in [9.17, 15) is 4.79 Å². The van der Waals surface area contributed by atoms with E-state index in [0.29, 0.717) is 5.56 Å². The van der Waals surface area contributed by atoms with Crippen LogP contribution in [0.2, 0.25) is 0 Å². The molecule has 19 heavy (non-hydrogen) atoms. The Labute approximate surface area is 112 Å². The molecule has 0 bridgehead atoms. The van der Waals surface area contributed by atoms with Gasteiger partial charge in [-0.25, -0.2) is 0 Å². The van der Waals surface area contributed by atoms with Crippen LogP contribution in [0.3, 0.4) is 0 Å². The Bertz CT molecular complexity index is 900. The zero-order valence-corrected chi connectivity index (χ0v) is 10.6. The fourth-order valence-corrected chi connectivity index (χ4v) is 3.12. The molecule has 0 aliphatic carbocycles. The Hall–Kier alpha value is -2.40. The average Bonchev–Trinajstić information content (AvgIpc) is 3.11. The molecule has 5 heteroatoms. The summed E-state index contributed by atoms with van der Waals surface area (Å²) in [6.07, 6.45) is 0.853. The van der Waals surface area contributed by atoms with Crippen molar-refractivity contribution in [2.75, 3.05) is 0 Å². The van der Waals surface area contributed by atoms with Crippen molar-refractivity contribution in [2.24, 2.45) is 0 Å². The third-order valence-corrected chi connectivity index (χ3v) is 4.13. The van der Waals surface area contributed by atoms with Gasteiger partial charge in [0.05, 0.1) is 15.9 Å². The van der Waals surface area contributed by atoms with Gasteiger partial charge in [0.25, 0.3) is 0 Å².